The van der Waals surface area contributed by atoms with Crippen LogP contribution in [0.25, 0.3) is 11.3 Å². The average molecular weight is 219 g/mol. The molecule has 0 bridgehead atoms. The van der Waals surface area contributed by atoms with Crippen molar-refractivity contribution < 1.29 is 14.2 Å². The van der Waals surface area contributed by atoms with Crippen molar-refractivity contribution in [2.45, 2.75) is 0 Å². The van der Waals surface area contributed by atoms with Gasteiger partial charge in [-0.3, -0.25) is 4.98 Å². The molecule has 0 spiro atoms. The minimum Gasteiger partial charge on any atom is -0.508 e. The molecule has 1 aromatic carbocycles. The number of halogens is 1. The molecule has 82 valence electrons. The van der Waals surface area contributed by atoms with Crippen LogP contribution in [0.4, 0.5) is 4.39 Å². The van der Waals surface area contributed by atoms with Gasteiger partial charge in [0, 0.05) is 17.8 Å². The van der Waals surface area contributed by atoms with Gasteiger partial charge >= 0.3 is 0 Å². The molecule has 1 aromatic heterocycles. The van der Waals surface area contributed by atoms with E-state index in [9.17, 15) is 9.50 Å². The van der Waals surface area contributed by atoms with Crippen LogP contribution in [0, 0.1) is 5.82 Å². The van der Waals surface area contributed by atoms with Gasteiger partial charge in [-0.05, 0) is 24.3 Å². The Hall–Kier alpha value is -2.10. The van der Waals surface area contributed by atoms with Crippen molar-refractivity contribution in [1.29, 1.82) is 0 Å². The third-order valence-corrected chi connectivity index (χ3v) is 2.15. The lowest BCUT2D eigenvalue weighted by atomic mass is 10.1. The number of benzene rings is 1. The Morgan fingerprint density at radius 2 is 2.12 bits per heavy atom. The molecule has 3 nitrogen and oxygen atoms in total. The number of nitrogens with zero attached hydrogens (tertiary/aromatic N) is 1. The molecule has 2 rings (SSSR count). The predicted molar refractivity (Wildman–Crippen MR) is 57.8 cm³/mol. The van der Waals surface area contributed by atoms with Crippen LogP contribution in [0.15, 0.2) is 36.5 Å². The molecule has 2 aromatic rings. The molecule has 0 radical (unpaired) electrons. The van der Waals surface area contributed by atoms with E-state index in [1.54, 1.807) is 18.3 Å². The smallest absolute Gasteiger partial charge is 0.145 e. The van der Waals surface area contributed by atoms with Gasteiger partial charge in [-0.2, -0.15) is 0 Å². The zero-order chi connectivity index (χ0) is 11.5. The first-order chi connectivity index (χ1) is 7.70. The lowest BCUT2D eigenvalue weighted by molar-refractivity contribution is 0.414. The standard InChI is InChI=1S/C12H10FNO2/c1-16-11-3-2-4-14-12(11)8-5-9(13)7-10(15)6-8/h2-7,15H,1H3. The number of hydrogen-bond donors (Lipinski definition) is 1. The van der Waals surface area contributed by atoms with Crippen LogP contribution in [0.3, 0.4) is 0 Å². The largest absolute Gasteiger partial charge is 0.508 e. The Morgan fingerprint density at radius 3 is 2.81 bits per heavy atom. The van der Waals surface area contributed by atoms with Gasteiger partial charge in [-0.1, -0.05) is 0 Å². The number of rotatable bonds is 2. The highest BCUT2D eigenvalue weighted by Crippen LogP contribution is 2.29. The van der Waals surface area contributed by atoms with Gasteiger partial charge < -0.3 is 9.84 Å². The fourth-order valence-electron chi connectivity index (χ4n) is 1.48. The number of phenols is 1. The molecule has 0 saturated heterocycles. The molecule has 0 unspecified atom stereocenters. The third kappa shape index (κ3) is 1.95. The second-order valence-electron chi connectivity index (χ2n) is 3.25. The first-order valence-corrected chi connectivity index (χ1v) is 4.69. The molecule has 1 heterocycles. The number of aromatic nitrogens is 1. The number of methoxy groups -OCH3 is 1. The fourth-order valence-corrected chi connectivity index (χ4v) is 1.48. The lowest BCUT2D eigenvalue weighted by Crippen LogP contribution is -1.91. The Balaban J connectivity index is 2.58. The first-order valence-electron chi connectivity index (χ1n) is 4.69. The van der Waals surface area contributed by atoms with Crippen LogP contribution < -0.4 is 4.74 Å². The van der Waals surface area contributed by atoms with Crippen molar-refractivity contribution >= 4 is 0 Å². The van der Waals surface area contributed by atoms with Crippen molar-refractivity contribution in [1.82, 2.24) is 4.98 Å². The molecule has 0 aliphatic carbocycles. The SMILES string of the molecule is COc1cccnc1-c1cc(O)cc(F)c1. The summed E-state index contributed by atoms with van der Waals surface area (Å²) in [5, 5.41) is 9.31. The zero-order valence-electron chi connectivity index (χ0n) is 8.64. The Labute approximate surface area is 92.1 Å². The van der Waals surface area contributed by atoms with Gasteiger partial charge in [0.1, 0.15) is 23.0 Å². The highest BCUT2D eigenvalue weighted by molar-refractivity contribution is 5.67. The Kier molecular flexibility index (Phi) is 2.72. The molecule has 4 heteroatoms. The summed E-state index contributed by atoms with van der Waals surface area (Å²) in [5.74, 6) is -0.113. The van der Waals surface area contributed by atoms with Crippen LogP contribution in [0.1, 0.15) is 0 Å². The molecular formula is C12H10FNO2. The number of aromatic hydroxyl groups is 1. The first kappa shape index (κ1) is 10.4. The van der Waals surface area contributed by atoms with Gasteiger partial charge in [0.25, 0.3) is 0 Å². The van der Waals surface area contributed by atoms with E-state index in [4.69, 9.17) is 4.74 Å². The minimum absolute atomic E-state index is 0.136. The summed E-state index contributed by atoms with van der Waals surface area (Å²) in [6, 6.07) is 7.23. The summed E-state index contributed by atoms with van der Waals surface area (Å²) in [6.45, 7) is 0. The van der Waals surface area contributed by atoms with Gasteiger partial charge in [0.05, 0.1) is 7.11 Å². The van der Waals surface area contributed by atoms with Crippen molar-refractivity contribution in [3.63, 3.8) is 0 Å². The number of ether oxygens (including phenoxy) is 1. The topological polar surface area (TPSA) is 42.4 Å². The normalized spacial score (nSPS) is 10.1. The molecule has 1 N–H and O–H groups in total. The van der Waals surface area contributed by atoms with Crippen molar-refractivity contribution in [2.75, 3.05) is 7.11 Å². The van der Waals surface area contributed by atoms with E-state index >= 15 is 0 Å². The average Bonchev–Trinajstić information content (AvgIpc) is 2.27. The molecule has 0 saturated carbocycles. The summed E-state index contributed by atoms with van der Waals surface area (Å²) in [5.41, 5.74) is 0.981. The maximum absolute atomic E-state index is 13.1. The Bertz CT molecular complexity index is 494. The molecule has 0 aliphatic heterocycles. The second-order valence-corrected chi connectivity index (χ2v) is 3.25. The zero-order valence-corrected chi connectivity index (χ0v) is 8.64. The van der Waals surface area contributed by atoms with Gasteiger partial charge in [0.15, 0.2) is 0 Å². The summed E-state index contributed by atoms with van der Waals surface area (Å²) >= 11 is 0. The molecule has 0 amide bonds. The summed E-state index contributed by atoms with van der Waals surface area (Å²) in [7, 11) is 1.51. The van der Waals surface area contributed by atoms with Crippen LogP contribution in [-0.2, 0) is 0 Å². The van der Waals surface area contributed by atoms with Crippen LogP contribution in [0.5, 0.6) is 11.5 Å². The van der Waals surface area contributed by atoms with Crippen LogP contribution >= 0.6 is 0 Å². The monoisotopic (exact) mass is 219 g/mol. The van der Waals surface area contributed by atoms with Crippen molar-refractivity contribution in [2.24, 2.45) is 0 Å². The van der Waals surface area contributed by atoms with E-state index in [1.807, 2.05) is 0 Å². The number of hydrogen-bond acceptors (Lipinski definition) is 3. The van der Waals surface area contributed by atoms with Crippen LogP contribution in [-0.4, -0.2) is 17.2 Å². The number of phenolic OH excluding ortho intramolecular Hbond substituents is 1. The maximum Gasteiger partial charge on any atom is 0.145 e. The second kappa shape index (κ2) is 4.18. The predicted octanol–water partition coefficient (Wildman–Crippen LogP) is 2.60. The molecule has 0 aliphatic rings. The van der Waals surface area contributed by atoms with Gasteiger partial charge in [0.2, 0.25) is 0 Å². The quantitative estimate of drug-likeness (QED) is 0.844. The van der Waals surface area contributed by atoms with E-state index in [2.05, 4.69) is 4.98 Å². The molecule has 0 atom stereocenters. The van der Waals surface area contributed by atoms with Crippen LogP contribution in [0.2, 0.25) is 0 Å². The highest BCUT2D eigenvalue weighted by Gasteiger charge is 2.08. The summed E-state index contributed by atoms with van der Waals surface area (Å²) in [6.07, 6.45) is 1.58. The fraction of sp³-hybridized carbons (Fsp3) is 0.0833. The van der Waals surface area contributed by atoms with E-state index in [-0.39, 0.29) is 5.75 Å². The van der Waals surface area contributed by atoms with E-state index < -0.39 is 5.82 Å². The lowest BCUT2D eigenvalue weighted by Gasteiger charge is -2.07. The van der Waals surface area contributed by atoms with Crippen molar-refractivity contribution in [3.8, 4) is 22.8 Å². The Morgan fingerprint density at radius 1 is 1.31 bits per heavy atom. The van der Waals surface area contributed by atoms with E-state index in [1.165, 1.54) is 19.2 Å². The molecule has 0 fully saturated rings. The van der Waals surface area contributed by atoms with E-state index in [0.29, 0.717) is 17.0 Å². The number of pyridine rings is 1. The van der Waals surface area contributed by atoms with Gasteiger partial charge in [-0.25, -0.2) is 4.39 Å². The van der Waals surface area contributed by atoms with Crippen molar-refractivity contribution in [3.05, 3.63) is 42.3 Å². The summed E-state index contributed by atoms with van der Waals surface area (Å²) in [4.78, 5) is 4.10. The third-order valence-electron chi connectivity index (χ3n) is 2.15. The van der Waals surface area contributed by atoms with Gasteiger partial charge in [-0.15, -0.1) is 0 Å². The summed E-state index contributed by atoms with van der Waals surface area (Å²) < 4.78 is 18.2. The molecule has 16 heavy (non-hydrogen) atoms. The maximum atomic E-state index is 13.1. The van der Waals surface area contributed by atoms with E-state index in [0.717, 1.165) is 6.07 Å². The minimum atomic E-state index is -0.511. The molecular weight excluding hydrogens is 209 g/mol. The highest BCUT2D eigenvalue weighted by atomic mass is 19.1.